The summed E-state index contributed by atoms with van der Waals surface area (Å²) in [7, 11) is 0. The van der Waals surface area contributed by atoms with Crippen LogP contribution in [0.25, 0.3) is 0 Å². The van der Waals surface area contributed by atoms with E-state index in [2.05, 4.69) is 5.16 Å². The van der Waals surface area contributed by atoms with Crippen LogP contribution in [-0.2, 0) is 4.74 Å². The van der Waals surface area contributed by atoms with Gasteiger partial charge >= 0.3 is 5.97 Å². The summed E-state index contributed by atoms with van der Waals surface area (Å²) in [5.74, 6) is -0.226. The van der Waals surface area contributed by atoms with Gasteiger partial charge in [0, 0.05) is 5.92 Å². The van der Waals surface area contributed by atoms with Crippen LogP contribution in [0, 0.1) is 12.8 Å². The Kier molecular flexibility index (Phi) is 3.79. The number of ether oxygens (including phenoxy) is 1. The van der Waals surface area contributed by atoms with Gasteiger partial charge in [-0.25, -0.2) is 4.79 Å². The third-order valence-electron chi connectivity index (χ3n) is 3.30. The van der Waals surface area contributed by atoms with Crippen LogP contribution in [0.2, 0.25) is 0 Å². The molecule has 5 heteroatoms. The molecule has 18 heavy (non-hydrogen) atoms. The van der Waals surface area contributed by atoms with Gasteiger partial charge in [0.1, 0.15) is 5.76 Å². The van der Waals surface area contributed by atoms with E-state index < -0.39 is 5.97 Å². The average Bonchev–Trinajstić information content (AvgIpc) is 2.97. The number of carbonyl (C=O) groups excluding carboxylic acids is 2. The van der Waals surface area contributed by atoms with Crippen molar-refractivity contribution in [2.75, 3.05) is 6.61 Å². The van der Waals surface area contributed by atoms with Crippen LogP contribution >= 0.6 is 0 Å². The minimum atomic E-state index is -0.587. The van der Waals surface area contributed by atoms with Gasteiger partial charge in [-0.1, -0.05) is 18.0 Å². The third kappa shape index (κ3) is 2.30. The summed E-state index contributed by atoms with van der Waals surface area (Å²) in [6.07, 6.45) is 3.89. The first kappa shape index (κ1) is 12.8. The number of aromatic nitrogens is 1. The van der Waals surface area contributed by atoms with Crippen molar-refractivity contribution in [2.45, 2.75) is 39.5 Å². The lowest BCUT2D eigenvalue weighted by molar-refractivity contribution is 0.0511. The van der Waals surface area contributed by atoms with Gasteiger partial charge in [0.05, 0.1) is 12.2 Å². The van der Waals surface area contributed by atoms with Crippen LogP contribution in [0.15, 0.2) is 4.52 Å². The molecule has 1 aliphatic carbocycles. The Morgan fingerprint density at radius 2 is 2.06 bits per heavy atom. The number of nitrogens with zero attached hydrogens (tertiary/aromatic N) is 1. The van der Waals surface area contributed by atoms with E-state index in [0.29, 0.717) is 11.3 Å². The lowest BCUT2D eigenvalue weighted by atomic mass is 9.95. The molecule has 1 saturated carbocycles. The molecule has 0 aliphatic heterocycles. The summed E-state index contributed by atoms with van der Waals surface area (Å²) in [5, 5.41) is 3.66. The number of ketones is 1. The number of Topliss-reactive ketones (excluding diaryl/α,β-unsaturated/α-hetero) is 1. The van der Waals surface area contributed by atoms with Crippen molar-refractivity contribution in [2.24, 2.45) is 5.92 Å². The molecule has 0 unspecified atom stereocenters. The predicted molar refractivity (Wildman–Crippen MR) is 63.5 cm³/mol. The van der Waals surface area contributed by atoms with Crippen molar-refractivity contribution in [1.82, 2.24) is 5.16 Å². The number of carbonyl (C=O) groups is 2. The topological polar surface area (TPSA) is 69.4 Å². The first-order valence-electron chi connectivity index (χ1n) is 6.32. The standard InChI is InChI=1S/C13H17NO4/c1-3-17-13(16)11-10(8(2)18-14-11)12(15)9-6-4-5-7-9/h9H,3-7H2,1-2H3. The zero-order valence-corrected chi connectivity index (χ0v) is 10.7. The predicted octanol–water partition coefficient (Wildman–Crippen LogP) is 2.53. The van der Waals surface area contributed by atoms with E-state index in [1.54, 1.807) is 13.8 Å². The highest BCUT2D eigenvalue weighted by Crippen LogP contribution is 2.30. The molecule has 1 aliphatic rings. The molecule has 1 heterocycles. The normalized spacial score (nSPS) is 15.9. The average molecular weight is 251 g/mol. The quantitative estimate of drug-likeness (QED) is 0.607. The Morgan fingerprint density at radius 3 is 2.67 bits per heavy atom. The molecular weight excluding hydrogens is 234 g/mol. The molecule has 0 atom stereocenters. The first-order valence-corrected chi connectivity index (χ1v) is 6.32. The number of aryl methyl sites for hydroxylation is 1. The number of hydrogen-bond donors (Lipinski definition) is 0. The van der Waals surface area contributed by atoms with E-state index in [1.165, 1.54) is 0 Å². The Bertz CT molecular complexity index is 458. The maximum atomic E-state index is 12.4. The van der Waals surface area contributed by atoms with Gasteiger partial charge in [0.15, 0.2) is 5.78 Å². The summed E-state index contributed by atoms with van der Waals surface area (Å²) >= 11 is 0. The summed E-state index contributed by atoms with van der Waals surface area (Å²) in [6, 6.07) is 0. The van der Waals surface area contributed by atoms with Gasteiger partial charge < -0.3 is 9.26 Å². The van der Waals surface area contributed by atoms with Crippen molar-refractivity contribution in [3.05, 3.63) is 17.0 Å². The zero-order valence-electron chi connectivity index (χ0n) is 10.7. The fourth-order valence-electron chi connectivity index (χ4n) is 2.39. The van der Waals surface area contributed by atoms with E-state index in [1.807, 2.05) is 0 Å². The largest absolute Gasteiger partial charge is 0.461 e. The summed E-state index contributed by atoms with van der Waals surface area (Å²) < 4.78 is 9.85. The summed E-state index contributed by atoms with van der Waals surface area (Å²) in [6.45, 7) is 3.61. The number of rotatable bonds is 4. The van der Waals surface area contributed by atoms with Crippen molar-refractivity contribution >= 4 is 11.8 Å². The monoisotopic (exact) mass is 251 g/mol. The summed E-state index contributed by atoms with van der Waals surface area (Å²) in [5.41, 5.74) is 0.326. The molecular formula is C13H17NO4. The molecule has 0 aromatic carbocycles. The molecule has 1 aromatic heterocycles. The third-order valence-corrected chi connectivity index (χ3v) is 3.30. The second kappa shape index (κ2) is 5.33. The van der Waals surface area contributed by atoms with Gasteiger partial charge in [-0.2, -0.15) is 0 Å². The van der Waals surface area contributed by atoms with Crippen LogP contribution < -0.4 is 0 Å². The van der Waals surface area contributed by atoms with Gasteiger partial charge in [-0.05, 0) is 26.7 Å². The number of esters is 1. The molecule has 5 nitrogen and oxygen atoms in total. The molecule has 0 spiro atoms. The first-order chi connectivity index (χ1) is 8.65. The van der Waals surface area contributed by atoms with Gasteiger partial charge in [0.25, 0.3) is 0 Å². The molecule has 0 N–H and O–H groups in total. The van der Waals surface area contributed by atoms with E-state index in [4.69, 9.17) is 9.26 Å². The van der Waals surface area contributed by atoms with Gasteiger partial charge in [-0.15, -0.1) is 0 Å². The van der Waals surface area contributed by atoms with Gasteiger partial charge in [-0.3, -0.25) is 4.79 Å². The Balaban J connectivity index is 2.28. The molecule has 0 saturated heterocycles. The van der Waals surface area contributed by atoms with Gasteiger partial charge in [0.2, 0.25) is 5.69 Å². The van der Waals surface area contributed by atoms with Crippen LogP contribution in [0.1, 0.15) is 59.2 Å². The lowest BCUT2D eigenvalue weighted by Crippen LogP contribution is -2.17. The van der Waals surface area contributed by atoms with Crippen molar-refractivity contribution < 1.29 is 18.8 Å². The highest BCUT2D eigenvalue weighted by Gasteiger charge is 2.32. The fourth-order valence-corrected chi connectivity index (χ4v) is 2.39. The highest BCUT2D eigenvalue weighted by atomic mass is 16.5. The molecule has 0 radical (unpaired) electrons. The van der Waals surface area contributed by atoms with Crippen LogP contribution in [0.5, 0.6) is 0 Å². The van der Waals surface area contributed by atoms with Crippen LogP contribution in [0.4, 0.5) is 0 Å². The van der Waals surface area contributed by atoms with Crippen LogP contribution in [-0.4, -0.2) is 23.5 Å². The molecule has 98 valence electrons. The number of hydrogen-bond acceptors (Lipinski definition) is 5. The molecule has 0 bridgehead atoms. The molecule has 1 fully saturated rings. The SMILES string of the molecule is CCOC(=O)c1noc(C)c1C(=O)C1CCCC1. The highest BCUT2D eigenvalue weighted by molar-refractivity contribution is 6.06. The van der Waals surface area contributed by atoms with Crippen LogP contribution in [0.3, 0.4) is 0 Å². The van der Waals surface area contributed by atoms with Crippen molar-refractivity contribution in [1.29, 1.82) is 0 Å². The molecule has 2 rings (SSSR count). The zero-order chi connectivity index (χ0) is 13.1. The van der Waals surface area contributed by atoms with Crippen molar-refractivity contribution in [3.8, 4) is 0 Å². The maximum Gasteiger partial charge on any atom is 0.361 e. The molecule has 0 amide bonds. The van der Waals surface area contributed by atoms with E-state index in [0.717, 1.165) is 25.7 Å². The minimum absolute atomic E-state index is 0.00345. The summed E-state index contributed by atoms with van der Waals surface area (Å²) in [4.78, 5) is 24.1. The second-order valence-electron chi connectivity index (χ2n) is 4.53. The second-order valence-corrected chi connectivity index (χ2v) is 4.53. The maximum absolute atomic E-state index is 12.4. The Morgan fingerprint density at radius 1 is 1.39 bits per heavy atom. The fraction of sp³-hybridized carbons (Fsp3) is 0.615. The Labute approximate surface area is 105 Å². The van der Waals surface area contributed by atoms with E-state index in [9.17, 15) is 9.59 Å². The minimum Gasteiger partial charge on any atom is -0.461 e. The van der Waals surface area contributed by atoms with E-state index in [-0.39, 0.29) is 24.0 Å². The smallest absolute Gasteiger partial charge is 0.361 e. The van der Waals surface area contributed by atoms with Crippen molar-refractivity contribution in [3.63, 3.8) is 0 Å². The molecule has 1 aromatic rings. The lowest BCUT2D eigenvalue weighted by Gasteiger charge is -2.07. The van der Waals surface area contributed by atoms with E-state index >= 15 is 0 Å². The Hall–Kier alpha value is -1.65.